The van der Waals surface area contributed by atoms with Crippen molar-refractivity contribution in [1.29, 1.82) is 0 Å². The molecule has 1 spiro atoms. The number of amides is 2. The van der Waals surface area contributed by atoms with Crippen LogP contribution in [0.15, 0.2) is 47.5 Å². The molecule has 3 aliphatic heterocycles. The molecule has 0 bridgehead atoms. The van der Waals surface area contributed by atoms with E-state index in [1.54, 1.807) is 0 Å². The van der Waals surface area contributed by atoms with Crippen molar-refractivity contribution in [1.82, 2.24) is 9.80 Å². The number of amidine groups is 1. The molecular formula is C28H29N3O4. The van der Waals surface area contributed by atoms with Crippen LogP contribution in [0.2, 0.25) is 0 Å². The number of ether oxygens (including phenoxy) is 2. The summed E-state index contributed by atoms with van der Waals surface area (Å²) in [6.45, 7) is 3.34. The summed E-state index contributed by atoms with van der Waals surface area (Å²) < 4.78 is 11.4. The Morgan fingerprint density at radius 3 is 2.40 bits per heavy atom. The molecule has 0 radical (unpaired) electrons. The number of carbonyl (C=O) groups is 2. The second-order valence-electron chi connectivity index (χ2n) is 10.5. The zero-order chi connectivity index (χ0) is 23.6. The fourth-order valence-electron chi connectivity index (χ4n) is 5.56. The van der Waals surface area contributed by atoms with E-state index in [1.165, 1.54) is 0 Å². The van der Waals surface area contributed by atoms with Gasteiger partial charge in [-0.1, -0.05) is 30.3 Å². The molecule has 2 saturated carbocycles. The van der Waals surface area contributed by atoms with Crippen molar-refractivity contribution in [3.63, 3.8) is 0 Å². The van der Waals surface area contributed by atoms with Gasteiger partial charge in [-0.25, -0.2) is 0 Å². The molecule has 2 aromatic rings. The van der Waals surface area contributed by atoms with Gasteiger partial charge in [-0.3, -0.25) is 19.5 Å². The molecule has 2 aliphatic carbocycles. The van der Waals surface area contributed by atoms with Gasteiger partial charge < -0.3 is 14.4 Å². The van der Waals surface area contributed by atoms with Gasteiger partial charge in [0.1, 0.15) is 24.6 Å². The molecule has 0 aromatic heterocycles. The van der Waals surface area contributed by atoms with Crippen LogP contribution in [0.5, 0.6) is 11.5 Å². The number of benzene rings is 2. The van der Waals surface area contributed by atoms with Gasteiger partial charge in [0.05, 0.1) is 0 Å². The Bertz CT molecular complexity index is 1230. The highest BCUT2D eigenvalue weighted by Crippen LogP contribution is 2.46. The fraction of sp³-hybridized carbons (Fsp3) is 0.464. The lowest BCUT2D eigenvalue weighted by Crippen LogP contribution is -2.40. The minimum atomic E-state index is -0.536. The van der Waals surface area contributed by atoms with Crippen molar-refractivity contribution >= 4 is 17.6 Å². The van der Waals surface area contributed by atoms with E-state index in [0.717, 1.165) is 79.2 Å². The summed E-state index contributed by atoms with van der Waals surface area (Å²) in [5.41, 5.74) is 2.57. The molecule has 1 saturated heterocycles. The lowest BCUT2D eigenvalue weighted by Gasteiger charge is -2.23. The van der Waals surface area contributed by atoms with Crippen molar-refractivity contribution in [2.75, 3.05) is 32.8 Å². The predicted octanol–water partition coefficient (Wildman–Crippen LogP) is 3.50. The molecule has 1 atom stereocenters. The number of nitrogens with zero attached hydrogens (tertiary/aromatic N) is 3. The number of hydrogen-bond donors (Lipinski definition) is 0. The van der Waals surface area contributed by atoms with Gasteiger partial charge in [0.25, 0.3) is 5.91 Å². The van der Waals surface area contributed by atoms with Crippen molar-refractivity contribution in [3.8, 4) is 22.6 Å². The van der Waals surface area contributed by atoms with E-state index in [4.69, 9.17) is 14.5 Å². The maximum atomic E-state index is 13.3. The second-order valence-corrected chi connectivity index (χ2v) is 10.5. The maximum absolute atomic E-state index is 13.3. The number of likely N-dealkylation sites (tertiary alicyclic amines) is 1. The standard InChI is InChI=1S/C28H29N3O4/c32-26(21-5-6-21)30-12-9-18(16-30)17-31-25(29-28(10-11-28)27(31)33)20-3-1-19(2-4-20)22-7-8-23-24(15-22)35-14-13-34-23/h1-4,7-8,15,18,21H,5-6,9-14,16-17H2. The molecule has 5 aliphatic rings. The summed E-state index contributed by atoms with van der Waals surface area (Å²) in [5.74, 6) is 3.34. The first-order valence-electron chi connectivity index (χ1n) is 12.8. The van der Waals surface area contributed by atoms with Gasteiger partial charge in [0.15, 0.2) is 11.5 Å². The zero-order valence-electron chi connectivity index (χ0n) is 19.7. The van der Waals surface area contributed by atoms with Gasteiger partial charge in [-0.05, 0) is 61.3 Å². The van der Waals surface area contributed by atoms with E-state index in [0.29, 0.717) is 31.6 Å². The quantitative estimate of drug-likeness (QED) is 0.669. The van der Waals surface area contributed by atoms with E-state index in [-0.39, 0.29) is 11.8 Å². The lowest BCUT2D eigenvalue weighted by atomic mass is 10.0. The SMILES string of the molecule is O=C(C1CC1)N1CCC(CN2C(=O)C3(CC3)N=C2c2ccc(-c3ccc4c(c3)OCCO4)cc2)C1. The van der Waals surface area contributed by atoms with E-state index in [9.17, 15) is 9.59 Å². The highest BCUT2D eigenvalue weighted by molar-refractivity contribution is 6.16. The Kier molecular flexibility index (Phi) is 4.69. The summed E-state index contributed by atoms with van der Waals surface area (Å²) >= 11 is 0. The number of aliphatic imine (C=N–C) groups is 1. The Labute approximate surface area is 204 Å². The van der Waals surface area contributed by atoms with Crippen LogP contribution < -0.4 is 9.47 Å². The average molecular weight is 472 g/mol. The van der Waals surface area contributed by atoms with Crippen LogP contribution in [0.4, 0.5) is 0 Å². The van der Waals surface area contributed by atoms with Crippen molar-refractivity contribution in [2.45, 2.75) is 37.6 Å². The molecule has 3 heterocycles. The molecule has 35 heavy (non-hydrogen) atoms. The molecule has 7 rings (SSSR count). The van der Waals surface area contributed by atoms with Crippen LogP contribution in [0.1, 0.15) is 37.7 Å². The third-order valence-corrected chi connectivity index (χ3v) is 7.93. The zero-order valence-corrected chi connectivity index (χ0v) is 19.7. The molecule has 3 fully saturated rings. The predicted molar refractivity (Wildman–Crippen MR) is 130 cm³/mol. The van der Waals surface area contributed by atoms with Crippen LogP contribution in [-0.4, -0.2) is 65.8 Å². The number of carbonyl (C=O) groups excluding carboxylic acids is 2. The summed E-state index contributed by atoms with van der Waals surface area (Å²) in [7, 11) is 0. The van der Waals surface area contributed by atoms with E-state index < -0.39 is 5.54 Å². The van der Waals surface area contributed by atoms with Crippen LogP contribution in [0.3, 0.4) is 0 Å². The minimum absolute atomic E-state index is 0.135. The summed E-state index contributed by atoms with van der Waals surface area (Å²) in [6, 6.07) is 14.3. The van der Waals surface area contributed by atoms with Gasteiger partial charge in [-0.15, -0.1) is 0 Å². The maximum Gasteiger partial charge on any atom is 0.256 e. The first-order chi connectivity index (χ1) is 17.1. The minimum Gasteiger partial charge on any atom is -0.486 e. The molecule has 0 N–H and O–H groups in total. The summed E-state index contributed by atoms with van der Waals surface area (Å²) in [5, 5.41) is 0. The summed E-state index contributed by atoms with van der Waals surface area (Å²) in [6.07, 6.45) is 4.68. The van der Waals surface area contributed by atoms with Crippen LogP contribution >= 0.6 is 0 Å². The van der Waals surface area contributed by atoms with Crippen LogP contribution in [0.25, 0.3) is 11.1 Å². The monoisotopic (exact) mass is 471 g/mol. The molecule has 180 valence electrons. The number of hydrogen-bond acceptors (Lipinski definition) is 5. The Balaban J connectivity index is 1.10. The second kappa shape index (κ2) is 7.83. The molecule has 2 amide bonds. The molecule has 7 heteroatoms. The molecule has 7 nitrogen and oxygen atoms in total. The van der Waals surface area contributed by atoms with Gasteiger partial charge in [0, 0.05) is 31.1 Å². The largest absolute Gasteiger partial charge is 0.486 e. The first kappa shape index (κ1) is 21.0. The smallest absolute Gasteiger partial charge is 0.256 e. The third-order valence-electron chi connectivity index (χ3n) is 7.93. The highest BCUT2D eigenvalue weighted by Gasteiger charge is 2.57. The molecular weight excluding hydrogens is 442 g/mol. The van der Waals surface area contributed by atoms with E-state index >= 15 is 0 Å². The Hall–Kier alpha value is -3.35. The van der Waals surface area contributed by atoms with E-state index in [1.807, 2.05) is 28.0 Å². The topological polar surface area (TPSA) is 71.4 Å². The first-order valence-corrected chi connectivity index (χ1v) is 12.8. The van der Waals surface area contributed by atoms with E-state index in [2.05, 4.69) is 24.3 Å². The van der Waals surface area contributed by atoms with Gasteiger partial charge >= 0.3 is 0 Å². The van der Waals surface area contributed by atoms with Gasteiger partial charge in [0.2, 0.25) is 5.91 Å². The fourth-order valence-corrected chi connectivity index (χ4v) is 5.56. The molecule has 2 aromatic carbocycles. The van der Waals surface area contributed by atoms with Crippen LogP contribution in [0, 0.1) is 11.8 Å². The van der Waals surface area contributed by atoms with Gasteiger partial charge in [-0.2, -0.15) is 0 Å². The number of rotatable bonds is 5. The summed E-state index contributed by atoms with van der Waals surface area (Å²) in [4.78, 5) is 34.7. The lowest BCUT2D eigenvalue weighted by molar-refractivity contribution is -0.131. The molecule has 1 unspecified atom stereocenters. The van der Waals surface area contributed by atoms with Crippen molar-refractivity contribution in [2.24, 2.45) is 16.8 Å². The van der Waals surface area contributed by atoms with Crippen LogP contribution in [-0.2, 0) is 9.59 Å². The Morgan fingerprint density at radius 2 is 1.66 bits per heavy atom. The van der Waals surface area contributed by atoms with Crippen molar-refractivity contribution < 1.29 is 19.1 Å². The van der Waals surface area contributed by atoms with Crippen molar-refractivity contribution in [3.05, 3.63) is 48.0 Å². The normalized spacial score (nSPS) is 24.2. The average Bonchev–Trinajstić information content (AvgIpc) is 3.82. The number of fused-ring (bicyclic) bond motifs is 1. The highest BCUT2D eigenvalue weighted by atomic mass is 16.6. The third kappa shape index (κ3) is 3.68. The Morgan fingerprint density at radius 1 is 0.943 bits per heavy atom.